The fourth-order valence-electron chi connectivity index (χ4n) is 8.48. The maximum Gasteiger partial charge on any atom is 0.407 e. The van der Waals surface area contributed by atoms with Gasteiger partial charge in [-0.3, -0.25) is 33.6 Å². The Morgan fingerprint density at radius 3 is 1.50 bits per heavy atom. The van der Waals surface area contributed by atoms with Crippen LogP contribution in [0, 0.1) is 0 Å². The molecule has 2 aliphatic heterocycles. The van der Waals surface area contributed by atoms with Crippen molar-refractivity contribution in [3.8, 4) is 11.1 Å². The van der Waals surface area contributed by atoms with E-state index in [4.69, 9.17) is 56.8 Å². The van der Waals surface area contributed by atoms with Gasteiger partial charge < -0.3 is 67.5 Å². The van der Waals surface area contributed by atoms with Crippen LogP contribution < -0.4 is 10.6 Å². The molecule has 0 spiro atoms. The summed E-state index contributed by atoms with van der Waals surface area (Å²) in [5, 5.41) is 5.19. The molecule has 12 atom stereocenters. The molecule has 1 aliphatic carbocycles. The summed E-state index contributed by atoms with van der Waals surface area (Å²) in [6.07, 6.45) is -17.7. The number of carbonyl (C=O) groups is 9. The van der Waals surface area contributed by atoms with Gasteiger partial charge in [-0.2, -0.15) is 0 Å². The first kappa shape index (κ1) is 56.2. The van der Waals surface area contributed by atoms with E-state index >= 15 is 0 Å². The van der Waals surface area contributed by atoms with Crippen molar-refractivity contribution in [1.29, 1.82) is 0 Å². The summed E-state index contributed by atoms with van der Waals surface area (Å²) >= 11 is 0. The second kappa shape index (κ2) is 24.6. The van der Waals surface area contributed by atoms with E-state index in [0.29, 0.717) is 0 Å². The number of hydrogen-bond acceptors (Lipinski definition) is 21. The second-order valence-corrected chi connectivity index (χ2v) is 18.1. The number of benzene rings is 2. The van der Waals surface area contributed by atoms with Gasteiger partial charge in [0.15, 0.2) is 43.0 Å². The zero-order valence-corrected chi connectivity index (χ0v) is 41.8. The molecule has 394 valence electrons. The highest BCUT2D eigenvalue weighted by Gasteiger charge is 2.57. The molecule has 2 amide bonds. The van der Waals surface area contributed by atoms with Crippen LogP contribution in [0.15, 0.2) is 48.5 Å². The second-order valence-electron chi connectivity index (χ2n) is 18.1. The quantitative estimate of drug-likeness (QED) is 0.160. The van der Waals surface area contributed by atoms with Gasteiger partial charge >= 0.3 is 47.9 Å². The first-order chi connectivity index (χ1) is 33.8. The van der Waals surface area contributed by atoms with Crippen molar-refractivity contribution in [2.75, 3.05) is 19.8 Å². The highest BCUT2D eigenvalue weighted by atomic mass is 16.8. The Labute approximate surface area is 415 Å². The third-order valence-corrected chi connectivity index (χ3v) is 11.1. The van der Waals surface area contributed by atoms with Crippen molar-refractivity contribution < 1.29 is 100.0 Å². The minimum absolute atomic E-state index is 0.125. The first-order valence-electron chi connectivity index (χ1n) is 23.0. The standard InChI is InChI=1S/C49H62N2O21/c1-23(38(45(59)72-49(9,10)11)51-48(60)63-20-35-33-18-14-12-16-31(33)32-17-13-15-19-34(32)35)64-46-39(50-24(2)52)42(40(65-27(5)55)36(69-46)21-61-25(3)53)71-47-44(68-30(8)58)43(67-29(7)57)41(66-28(6)56)37(70-47)22-62-26(4)54/h12-19,23,35-44,46-47H,20-22H2,1-11H3,(H,50,52)(H,51,60)/t23-,36?,37?,38+,39?,40+,41+,42-,43+,44?,46+,47+/m1/s1. The molecule has 72 heavy (non-hydrogen) atoms. The van der Waals surface area contributed by atoms with E-state index in [1.165, 1.54) is 6.92 Å². The summed E-state index contributed by atoms with van der Waals surface area (Å²) < 4.78 is 69.8. The number of amides is 2. The highest BCUT2D eigenvalue weighted by molar-refractivity contribution is 5.83. The van der Waals surface area contributed by atoms with E-state index in [9.17, 15) is 43.2 Å². The number of ether oxygens (including phenoxy) is 12. The Kier molecular flexibility index (Phi) is 19.2. The van der Waals surface area contributed by atoms with Gasteiger partial charge in [0.2, 0.25) is 5.91 Å². The molecule has 3 aliphatic rings. The largest absolute Gasteiger partial charge is 0.463 e. The van der Waals surface area contributed by atoms with Gasteiger partial charge in [0, 0.05) is 54.4 Å². The monoisotopic (exact) mass is 1010 g/mol. The molecular formula is C49H62N2O21. The smallest absolute Gasteiger partial charge is 0.407 e. The molecule has 2 N–H and O–H groups in total. The van der Waals surface area contributed by atoms with E-state index in [-0.39, 0.29) is 12.5 Å². The molecule has 5 rings (SSSR count). The van der Waals surface area contributed by atoms with Gasteiger partial charge in [-0.05, 0) is 49.9 Å². The van der Waals surface area contributed by atoms with Gasteiger partial charge in [0.05, 0.1) is 6.10 Å². The predicted molar refractivity (Wildman–Crippen MR) is 244 cm³/mol. The highest BCUT2D eigenvalue weighted by Crippen LogP contribution is 2.44. The Hall–Kier alpha value is -6.69. The molecule has 2 aromatic carbocycles. The molecule has 4 unspecified atom stereocenters. The van der Waals surface area contributed by atoms with Crippen molar-refractivity contribution in [3.05, 3.63) is 59.7 Å². The molecule has 0 aromatic heterocycles. The van der Waals surface area contributed by atoms with E-state index in [0.717, 1.165) is 70.7 Å². The fraction of sp³-hybridized carbons (Fsp3) is 0.571. The summed E-state index contributed by atoms with van der Waals surface area (Å²) in [7, 11) is 0. The van der Waals surface area contributed by atoms with Crippen LogP contribution in [0.1, 0.15) is 93.2 Å². The van der Waals surface area contributed by atoms with Gasteiger partial charge in [-0.1, -0.05) is 48.5 Å². The summed E-state index contributed by atoms with van der Waals surface area (Å²) in [5.74, 6) is -7.43. The molecule has 0 bridgehead atoms. The van der Waals surface area contributed by atoms with Gasteiger partial charge in [0.1, 0.15) is 49.8 Å². The lowest BCUT2D eigenvalue weighted by molar-refractivity contribution is -0.349. The average Bonchev–Trinajstić information content (AvgIpc) is 3.59. The maximum absolute atomic E-state index is 14.0. The topological polar surface area (TPSA) is 288 Å². The lowest BCUT2D eigenvalue weighted by Crippen LogP contribution is -2.70. The minimum atomic E-state index is -1.93. The number of esters is 7. The molecule has 2 heterocycles. The molecule has 2 saturated heterocycles. The van der Waals surface area contributed by atoms with Crippen LogP contribution in [0.3, 0.4) is 0 Å². The Balaban J connectivity index is 1.55. The van der Waals surface area contributed by atoms with Crippen molar-refractivity contribution in [3.63, 3.8) is 0 Å². The van der Waals surface area contributed by atoms with Gasteiger partial charge in [-0.15, -0.1) is 0 Å². The van der Waals surface area contributed by atoms with Crippen LogP contribution in [-0.4, -0.2) is 153 Å². The molecule has 0 saturated carbocycles. The molecule has 23 heteroatoms. The molecule has 23 nitrogen and oxygen atoms in total. The van der Waals surface area contributed by atoms with E-state index < -0.39 is 146 Å². The zero-order chi connectivity index (χ0) is 53.2. The zero-order valence-electron chi connectivity index (χ0n) is 41.8. The van der Waals surface area contributed by atoms with E-state index in [1.807, 2.05) is 48.5 Å². The third-order valence-electron chi connectivity index (χ3n) is 11.1. The Morgan fingerprint density at radius 2 is 1.03 bits per heavy atom. The minimum Gasteiger partial charge on any atom is -0.463 e. The maximum atomic E-state index is 14.0. The fourth-order valence-corrected chi connectivity index (χ4v) is 8.48. The number of hydrogen-bond donors (Lipinski definition) is 2. The summed E-state index contributed by atoms with van der Waals surface area (Å²) in [4.78, 5) is 116. The van der Waals surface area contributed by atoms with Crippen molar-refractivity contribution in [2.45, 2.75) is 161 Å². The lowest BCUT2D eigenvalue weighted by atomic mass is 9.94. The van der Waals surface area contributed by atoms with Gasteiger partial charge in [-0.25, -0.2) is 9.59 Å². The third kappa shape index (κ3) is 15.2. The van der Waals surface area contributed by atoms with E-state index in [1.54, 1.807) is 20.8 Å². The van der Waals surface area contributed by atoms with E-state index in [2.05, 4.69) is 10.6 Å². The molecule has 0 radical (unpaired) electrons. The first-order valence-corrected chi connectivity index (χ1v) is 23.0. The van der Waals surface area contributed by atoms with Crippen LogP contribution in [0.5, 0.6) is 0 Å². The summed E-state index contributed by atoms with van der Waals surface area (Å²) in [5.41, 5.74) is 2.74. The molecular weight excluding hydrogens is 953 g/mol. The SMILES string of the molecule is CC(=O)NC1[C@@H](O[C@H](C)[C@H](NC(=O)OCC2c3ccccc3-c3ccccc32)C(=O)OC(C)(C)C)OC(COC(C)=O)[C@H](OC(C)=O)[C@@H]1O[C@@H]1OC(COC(C)=O)[C@H](OC(C)=O)[C@H](OC(C)=O)C1OC(C)=O. The molecule has 2 aromatic rings. The molecule has 2 fully saturated rings. The normalized spacial score (nSPS) is 25.4. The van der Waals surface area contributed by atoms with Crippen molar-refractivity contribution in [1.82, 2.24) is 10.6 Å². The van der Waals surface area contributed by atoms with Crippen LogP contribution in [0.25, 0.3) is 11.1 Å². The Morgan fingerprint density at radius 1 is 0.569 bits per heavy atom. The number of fused-ring (bicyclic) bond motifs is 3. The number of rotatable bonds is 18. The Bertz CT molecular complexity index is 2290. The van der Waals surface area contributed by atoms with Crippen LogP contribution in [0.4, 0.5) is 4.79 Å². The lowest BCUT2D eigenvalue weighted by Gasteiger charge is -2.49. The summed E-state index contributed by atoms with van der Waals surface area (Å²) in [6.45, 7) is 12.1. The van der Waals surface area contributed by atoms with Crippen molar-refractivity contribution >= 4 is 53.8 Å². The average molecular weight is 1020 g/mol. The van der Waals surface area contributed by atoms with Crippen LogP contribution in [-0.2, 0) is 95.2 Å². The predicted octanol–water partition coefficient (Wildman–Crippen LogP) is 2.83. The number of carbonyl (C=O) groups excluding carboxylic acids is 9. The van der Waals surface area contributed by atoms with Crippen LogP contribution >= 0.6 is 0 Å². The number of nitrogens with one attached hydrogen (secondary N) is 2. The summed E-state index contributed by atoms with van der Waals surface area (Å²) in [6, 6.07) is 12.1. The van der Waals surface area contributed by atoms with Gasteiger partial charge in [0.25, 0.3) is 0 Å². The van der Waals surface area contributed by atoms with Crippen molar-refractivity contribution in [2.24, 2.45) is 0 Å². The van der Waals surface area contributed by atoms with Crippen LogP contribution in [0.2, 0.25) is 0 Å². The number of alkyl carbamates (subject to hydrolysis) is 1.